The van der Waals surface area contributed by atoms with Crippen LogP contribution >= 0.6 is 12.2 Å². The smallest absolute Gasteiger partial charge is 0.132 e. The second-order valence-corrected chi connectivity index (χ2v) is 4.79. The minimum absolute atomic E-state index is 0.164. The van der Waals surface area contributed by atoms with Gasteiger partial charge in [-0.15, -0.1) is 0 Å². The Kier molecular flexibility index (Phi) is 3.77. The third-order valence-electron chi connectivity index (χ3n) is 2.58. The summed E-state index contributed by atoms with van der Waals surface area (Å²) in [4.78, 5) is 7.20. The van der Waals surface area contributed by atoms with Crippen LogP contribution in [0.5, 0.6) is 5.75 Å². The van der Waals surface area contributed by atoms with Gasteiger partial charge in [0.1, 0.15) is 10.4 Å². The van der Waals surface area contributed by atoms with Gasteiger partial charge in [-0.1, -0.05) is 24.4 Å². The van der Waals surface area contributed by atoms with Crippen LogP contribution in [0.4, 0.5) is 0 Å². The van der Waals surface area contributed by atoms with E-state index in [1.165, 1.54) is 0 Å². The highest BCUT2D eigenvalue weighted by molar-refractivity contribution is 7.71. The lowest BCUT2D eigenvalue weighted by molar-refractivity contribution is 0.242. The average molecular weight is 260 g/mol. The average Bonchev–Trinajstić information content (AvgIpc) is 2.32. The highest BCUT2D eigenvalue weighted by Crippen LogP contribution is 2.25. The normalized spacial score (nSPS) is 10.7. The number of nitrogens with zero attached hydrogens (tertiary/aromatic N) is 1. The van der Waals surface area contributed by atoms with Gasteiger partial charge in [-0.25, -0.2) is 4.98 Å². The van der Waals surface area contributed by atoms with Crippen molar-refractivity contribution in [1.29, 1.82) is 0 Å². The van der Waals surface area contributed by atoms with Crippen LogP contribution in [-0.4, -0.2) is 16.1 Å². The van der Waals surface area contributed by atoms with Gasteiger partial charge < -0.3 is 9.72 Å². The molecule has 1 aromatic heterocycles. The van der Waals surface area contributed by atoms with Crippen LogP contribution < -0.4 is 4.74 Å². The van der Waals surface area contributed by atoms with Crippen LogP contribution in [0.15, 0.2) is 30.6 Å². The second kappa shape index (κ2) is 5.31. The summed E-state index contributed by atoms with van der Waals surface area (Å²) in [7, 11) is 0. The number of aromatic nitrogens is 2. The standard InChI is InChI=1S/C14H16N2OS/c1-9(2)17-12-6-4-5-11(7-12)13-10(3)14(18)16-8-15-13/h4-9H,1-3H3,(H,15,16,18). The van der Waals surface area contributed by atoms with E-state index in [9.17, 15) is 0 Å². The summed E-state index contributed by atoms with van der Waals surface area (Å²) in [6.07, 6.45) is 1.79. The summed E-state index contributed by atoms with van der Waals surface area (Å²) in [6.45, 7) is 5.99. The number of benzene rings is 1. The van der Waals surface area contributed by atoms with Crippen molar-refractivity contribution in [1.82, 2.24) is 9.97 Å². The quantitative estimate of drug-likeness (QED) is 0.850. The Bertz CT molecular complexity index is 605. The van der Waals surface area contributed by atoms with E-state index in [0.717, 1.165) is 22.6 Å². The Morgan fingerprint density at radius 2 is 2.11 bits per heavy atom. The van der Waals surface area contributed by atoms with Gasteiger partial charge in [-0.05, 0) is 32.9 Å². The zero-order valence-corrected chi connectivity index (χ0v) is 11.5. The summed E-state index contributed by atoms with van der Waals surface area (Å²) < 4.78 is 6.31. The third-order valence-corrected chi connectivity index (χ3v) is 2.99. The Balaban J connectivity index is 2.45. The fraction of sp³-hybridized carbons (Fsp3) is 0.286. The molecule has 0 bridgehead atoms. The number of hydrogen-bond acceptors (Lipinski definition) is 3. The summed E-state index contributed by atoms with van der Waals surface area (Å²) in [5.41, 5.74) is 3.03. The molecule has 1 heterocycles. The molecule has 2 rings (SSSR count). The Hall–Kier alpha value is -1.68. The molecule has 3 nitrogen and oxygen atoms in total. The largest absolute Gasteiger partial charge is 0.491 e. The van der Waals surface area contributed by atoms with Gasteiger partial charge in [0.2, 0.25) is 0 Å². The van der Waals surface area contributed by atoms with E-state index in [2.05, 4.69) is 9.97 Å². The van der Waals surface area contributed by atoms with Crippen molar-refractivity contribution < 1.29 is 4.74 Å². The molecule has 2 aromatic rings. The number of ether oxygens (including phenoxy) is 1. The van der Waals surface area contributed by atoms with E-state index in [1.807, 2.05) is 45.0 Å². The molecule has 4 heteroatoms. The zero-order chi connectivity index (χ0) is 13.1. The van der Waals surface area contributed by atoms with Gasteiger partial charge in [0.25, 0.3) is 0 Å². The first-order chi connectivity index (χ1) is 8.58. The summed E-state index contributed by atoms with van der Waals surface area (Å²) in [5, 5.41) is 0. The lowest BCUT2D eigenvalue weighted by atomic mass is 10.1. The molecule has 0 saturated heterocycles. The predicted molar refractivity (Wildman–Crippen MR) is 75.4 cm³/mol. The van der Waals surface area contributed by atoms with Crippen molar-refractivity contribution in [2.24, 2.45) is 0 Å². The minimum atomic E-state index is 0.164. The van der Waals surface area contributed by atoms with Crippen molar-refractivity contribution in [2.45, 2.75) is 26.9 Å². The Labute approximate surface area is 112 Å². The second-order valence-electron chi connectivity index (χ2n) is 4.40. The molecule has 0 radical (unpaired) electrons. The van der Waals surface area contributed by atoms with Gasteiger partial charge in [0.15, 0.2) is 0 Å². The molecule has 0 atom stereocenters. The lowest BCUT2D eigenvalue weighted by Crippen LogP contribution is -2.05. The fourth-order valence-corrected chi connectivity index (χ4v) is 1.92. The highest BCUT2D eigenvalue weighted by Gasteiger charge is 2.06. The zero-order valence-electron chi connectivity index (χ0n) is 10.7. The van der Waals surface area contributed by atoms with Crippen molar-refractivity contribution in [3.63, 3.8) is 0 Å². The maximum absolute atomic E-state index is 5.69. The first-order valence-corrected chi connectivity index (χ1v) is 6.30. The minimum Gasteiger partial charge on any atom is -0.491 e. The Morgan fingerprint density at radius 1 is 1.33 bits per heavy atom. The first kappa shape index (κ1) is 12.8. The van der Waals surface area contributed by atoms with Crippen LogP contribution in [0, 0.1) is 11.6 Å². The molecular formula is C14H16N2OS. The molecule has 0 fully saturated rings. The molecule has 1 aromatic carbocycles. The SMILES string of the molecule is Cc1c(-c2cccc(OC(C)C)c2)[nH]cnc1=S. The number of H-pyrrole nitrogens is 1. The molecular weight excluding hydrogens is 244 g/mol. The van der Waals surface area contributed by atoms with Gasteiger partial charge in [-0.2, -0.15) is 0 Å². The highest BCUT2D eigenvalue weighted by atomic mass is 32.1. The molecule has 0 amide bonds. The van der Waals surface area contributed by atoms with Crippen molar-refractivity contribution in [3.05, 3.63) is 40.8 Å². The molecule has 18 heavy (non-hydrogen) atoms. The van der Waals surface area contributed by atoms with Crippen LogP contribution in [-0.2, 0) is 0 Å². The number of aromatic amines is 1. The predicted octanol–water partition coefficient (Wildman–Crippen LogP) is 3.90. The van der Waals surface area contributed by atoms with Gasteiger partial charge in [0, 0.05) is 11.1 Å². The molecule has 0 aliphatic heterocycles. The molecule has 1 N–H and O–H groups in total. The van der Waals surface area contributed by atoms with Crippen LogP contribution in [0.2, 0.25) is 0 Å². The first-order valence-electron chi connectivity index (χ1n) is 5.89. The van der Waals surface area contributed by atoms with E-state index in [0.29, 0.717) is 4.64 Å². The monoisotopic (exact) mass is 260 g/mol. The molecule has 0 saturated carbocycles. The number of rotatable bonds is 3. The van der Waals surface area contributed by atoms with Crippen LogP contribution in [0.1, 0.15) is 19.4 Å². The fourth-order valence-electron chi connectivity index (χ4n) is 1.76. The van der Waals surface area contributed by atoms with E-state index in [4.69, 9.17) is 17.0 Å². The third kappa shape index (κ3) is 2.76. The van der Waals surface area contributed by atoms with Crippen molar-refractivity contribution >= 4 is 12.2 Å². The van der Waals surface area contributed by atoms with E-state index >= 15 is 0 Å². The molecule has 0 aliphatic rings. The van der Waals surface area contributed by atoms with Crippen molar-refractivity contribution in [3.8, 4) is 17.0 Å². The molecule has 94 valence electrons. The van der Waals surface area contributed by atoms with E-state index < -0.39 is 0 Å². The van der Waals surface area contributed by atoms with E-state index in [-0.39, 0.29) is 6.10 Å². The lowest BCUT2D eigenvalue weighted by Gasteiger charge is -2.11. The van der Waals surface area contributed by atoms with Crippen LogP contribution in [0.3, 0.4) is 0 Å². The van der Waals surface area contributed by atoms with Crippen LogP contribution in [0.25, 0.3) is 11.3 Å². The van der Waals surface area contributed by atoms with E-state index in [1.54, 1.807) is 6.33 Å². The molecule has 0 unspecified atom stereocenters. The van der Waals surface area contributed by atoms with Gasteiger partial charge >= 0.3 is 0 Å². The molecule has 0 spiro atoms. The molecule has 0 aliphatic carbocycles. The maximum Gasteiger partial charge on any atom is 0.132 e. The summed E-state index contributed by atoms with van der Waals surface area (Å²) >= 11 is 5.18. The van der Waals surface area contributed by atoms with Gasteiger partial charge in [-0.3, -0.25) is 0 Å². The van der Waals surface area contributed by atoms with Crippen molar-refractivity contribution in [2.75, 3.05) is 0 Å². The number of hydrogen-bond donors (Lipinski definition) is 1. The topological polar surface area (TPSA) is 37.9 Å². The maximum atomic E-state index is 5.69. The summed E-state index contributed by atoms with van der Waals surface area (Å²) in [6, 6.07) is 7.97. The number of nitrogens with one attached hydrogen (secondary N) is 1. The van der Waals surface area contributed by atoms with Gasteiger partial charge in [0.05, 0.1) is 18.1 Å². The summed E-state index contributed by atoms with van der Waals surface area (Å²) in [5.74, 6) is 0.859. The Morgan fingerprint density at radius 3 is 2.83 bits per heavy atom.